The molecule has 0 unspecified atom stereocenters. The molecule has 0 heterocycles. The fraction of sp³-hybridized carbons (Fsp3) is 0.357. The summed E-state index contributed by atoms with van der Waals surface area (Å²) in [5.74, 6) is 0. The molecule has 0 spiro atoms. The molecule has 0 saturated carbocycles. The maximum absolute atomic E-state index is 4.36. The van der Waals surface area contributed by atoms with Gasteiger partial charge in [-0.2, -0.15) is 0 Å². The summed E-state index contributed by atoms with van der Waals surface area (Å²) in [4.78, 5) is 4.36. The Balaban J connectivity index is 2.99. The Morgan fingerprint density at radius 1 is 1.27 bits per heavy atom. The second-order valence-corrected chi connectivity index (χ2v) is 3.76. The van der Waals surface area contributed by atoms with Gasteiger partial charge in [-0.05, 0) is 50.5 Å². The smallest absolute Gasteiger partial charge is 0.0364 e. The van der Waals surface area contributed by atoms with E-state index in [1.54, 1.807) is 0 Å². The van der Waals surface area contributed by atoms with Gasteiger partial charge in [0.15, 0.2) is 0 Å². The van der Waals surface area contributed by atoms with Crippen molar-refractivity contribution < 1.29 is 0 Å². The highest BCUT2D eigenvalue weighted by atomic mass is 14.7. The second kappa shape index (κ2) is 5.50. The Bertz CT molecular complexity index is 386. The number of benzene rings is 1. The minimum absolute atomic E-state index is 0.851. The van der Waals surface area contributed by atoms with Crippen LogP contribution >= 0.6 is 0 Å². The number of aliphatic imine (C=N–C) groups is 1. The van der Waals surface area contributed by atoms with Crippen molar-refractivity contribution in [2.24, 2.45) is 4.99 Å². The number of nitrogens with zero attached hydrogens (tertiary/aromatic N) is 1. The normalized spacial score (nSPS) is 13.1. The van der Waals surface area contributed by atoms with E-state index in [9.17, 15) is 0 Å². The largest absolute Gasteiger partial charge is 0.290 e. The highest BCUT2D eigenvalue weighted by molar-refractivity contribution is 5.99. The van der Waals surface area contributed by atoms with Crippen LogP contribution in [0.1, 0.15) is 31.9 Å². The van der Waals surface area contributed by atoms with Crippen molar-refractivity contribution in [3.63, 3.8) is 0 Å². The molecule has 0 atom stereocenters. The van der Waals surface area contributed by atoms with Gasteiger partial charge in [0.05, 0.1) is 0 Å². The first kappa shape index (κ1) is 11.7. The Hall–Kier alpha value is -1.37. The van der Waals surface area contributed by atoms with Crippen LogP contribution in [0.2, 0.25) is 0 Å². The molecule has 0 bridgehead atoms. The predicted molar refractivity (Wildman–Crippen MR) is 68.5 cm³/mol. The van der Waals surface area contributed by atoms with E-state index in [4.69, 9.17) is 0 Å². The zero-order valence-corrected chi connectivity index (χ0v) is 10.0. The van der Waals surface area contributed by atoms with E-state index >= 15 is 0 Å². The zero-order valence-electron chi connectivity index (χ0n) is 10.0. The Morgan fingerprint density at radius 2 is 1.93 bits per heavy atom. The molecule has 0 N–H and O–H groups in total. The molecule has 1 nitrogen and oxygen atoms in total. The standard InChI is InChI=1S/C14H19N/c1-5-15-13(4)10-12(3)14-9-7-6-8-11(14)2/h6-10H,5H2,1-4H3/b12-10+,15-13?. The first-order valence-electron chi connectivity index (χ1n) is 5.40. The van der Waals surface area contributed by atoms with Gasteiger partial charge >= 0.3 is 0 Å². The minimum Gasteiger partial charge on any atom is -0.290 e. The van der Waals surface area contributed by atoms with Gasteiger partial charge in [0.1, 0.15) is 0 Å². The van der Waals surface area contributed by atoms with E-state index < -0.39 is 0 Å². The Morgan fingerprint density at radius 3 is 2.53 bits per heavy atom. The molecular weight excluding hydrogens is 182 g/mol. The topological polar surface area (TPSA) is 12.4 Å². The van der Waals surface area contributed by atoms with Crippen LogP contribution in [0.15, 0.2) is 35.3 Å². The predicted octanol–water partition coefficient (Wildman–Crippen LogP) is 3.88. The van der Waals surface area contributed by atoms with Crippen LogP contribution in [-0.2, 0) is 0 Å². The number of aryl methyl sites for hydroxylation is 1. The quantitative estimate of drug-likeness (QED) is 0.658. The summed E-state index contributed by atoms with van der Waals surface area (Å²) in [6.07, 6.45) is 2.14. The molecular formula is C14H19N. The lowest BCUT2D eigenvalue weighted by Crippen LogP contribution is -1.91. The number of rotatable bonds is 3. The van der Waals surface area contributed by atoms with Crippen molar-refractivity contribution in [3.05, 3.63) is 41.5 Å². The average Bonchev–Trinajstić information content (AvgIpc) is 2.18. The Labute approximate surface area is 92.6 Å². The van der Waals surface area contributed by atoms with E-state index in [1.165, 1.54) is 16.7 Å². The summed E-state index contributed by atoms with van der Waals surface area (Å²) in [5.41, 5.74) is 5.00. The zero-order chi connectivity index (χ0) is 11.3. The van der Waals surface area contributed by atoms with Crippen molar-refractivity contribution in [1.82, 2.24) is 0 Å². The van der Waals surface area contributed by atoms with Crippen LogP contribution in [0, 0.1) is 6.92 Å². The van der Waals surface area contributed by atoms with Crippen LogP contribution in [0.4, 0.5) is 0 Å². The molecule has 1 heteroatoms. The molecule has 1 aromatic carbocycles. The molecule has 0 saturated heterocycles. The fourth-order valence-electron chi connectivity index (χ4n) is 1.70. The molecule has 1 rings (SSSR count). The average molecular weight is 201 g/mol. The van der Waals surface area contributed by atoms with Crippen LogP contribution in [0.25, 0.3) is 5.57 Å². The third kappa shape index (κ3) is 3.35. The molecule has 0 radical (unpaired) electrons. The maximum Gasteiger partial charge on any atom is 0.0364 e. The third-order valence-corrected chi connectivity index (χ3v) is 2.40. The highest BCUT2D eigenvalue weighted by Crippen LogP contribution is 2.17. The van der Waals surface area contributed by atoms with Crippen molar-refractivity contribution in [2.45, 2.75) is 27.7 Å². The molecule has 0 aliphatic heterocycles. The van der Waals surface area contributed by atoms with E-state index in [1.807, 2.05) is 6.92 Å². The van der Waals surface area contributed by atoms with E-state index in [0.717, 1.165) is 12.3 Å². The van der Waals surface area contributed by atoms with Gasteiger partial charge in [-0.25, -0.2) is 0 Å². The van der Waals surface area contributed by atoms with Crippen LogP contribution in [0.5, 0.6) is 0 Å². The van der Waals surface area contributed by atoms with Gasteiger partial charge in [-0.1, -0.05) is 24.3 Å². The lowest BCUT2D eigenvalue weighted by Gasteiger charge is -2.05. The second-order valence-electron chi connectivity index (χ2n) is 3.76. The summed E-state index contributed by atoms with van der Waals surface area (Å²) >= 11 is 0. The minimum atomic E-state index is 0.851. The van der Waals surface area contributed by atoms with Gasteiger partial charge in [-0.15, -0.1) is 0 Å². The lowest BCUT2D eigenvalue weighted by molar-refractivity contribution is 1.13. The molecule has 80 valence electrons. The number of hydrogen-bond acceptors (Lipinski definition) is 1. The SMILES string of the molecule is CCN=C(C)/C=C(\C)c1ccccc1C. The van der Waals surface area contributed by atoms with Crippen molar-refractivity contribution >= 4 is 11.3 Å². The van der Waals surface area contributed by atoms with Gasteiger partial charge in [0.25, 0.3) is 0 Å². The van der Waals surface area contributed by atoms with Crippen molar-refractivity contribution in [2.75, 3.05) is 6.54 Å². The van der Waals surface area contributed by atoms with E-state index in [-0.39, 0.29) is 0 Å². The molecule has 0 aliphatic rings. The van der Waals surface area contributed by atoms with Crippen LogP contribution < -0.4 is 0 Å². The first-order chi connectivity index (χ1) is 7.15. The molecule has 0 fully saturated rings. The molecule has 0 aromatic heterocycles. The highest BCUT2D eigenvalue weighted by Gasteiger charge is 1.98. The summed E-state index contributed by atoms with van der Waals surface area (Å²) in [5, 5.41) is 0. The summed E-state index contributed by atoms with van der Waals surface area (Å²) in [6.45, 7) is 9.23. The van der Waals surface area contributed by atoms with Gasteiger partial charge in [0.2, 0.25) is 0 Å². The fourth-order valence-corrected chi connectivity index (χ4v) is 1.70. The molecule has 0 amide bonds. The molecule has 0 aliphatic carbocycles. The molecule has 15 heavy (non-hydrogen) atoms. The van der Waals surface area contributed by atoms with Crippen LogP contribution in [-0.4, -0.2) is 12.3 Å². The first-order valence-corrected chi connectivity index (χ1v) is 5.40. The van der Waals surface area contributed by atoms with Gasteiger partial charge in [-0.3, -0.25) is 4.99 Å². The monoisotopic (exact) mass is 201 g/mol. The third-order valence-electron chi connectivity index (χ3n) is 2.40. The number of hydrogen-bond donors (Lipinski definition) is 0. The van der Waals surface area contributed by atoms with Gasteiger partial charge in [0, 0.05) is 12.3 Å². The summed E-state index contributed by atoms with van der Waals surface area (Å²) in [6, 6.07) is 8.43. The number of allylic oxidation sites excluding steroid dienone is 2. The summed E-state index contributed by atoms with van der Waals surface area (Å²) < 4.78 is 0. The summed E-state index contributed by atoms with van der Waals surface area (Å²) in [7, 11) is 0. The van der Waals surface area contributed by atoms with Crippen LogP contribution in [0.3, 0.4) is 0 Å². The maximum atomic E-state index is 4.36. The lowest BCUT2D eigenvalue weighted by atomic mass is 10.0. The van der Waals surface area contributed by atoms with E-state index in [2.05, 4.69) is 56.1 Å². The van der Waals surface area contributed by atoms with Gasteiger partial charge < -0.3 is 0 Å². The van der Waals surface area contributed by atoms with E-state index in [0.29, 0.717) is 0 Å². The molecule has 1 aromatic rings. The Kier molecular flexibility index (Phi) is 4.29. The van der Waals surface area contributed by atoms with Crippen molar-refractivity contribution in [3.8, 4) is 0 Å². The van der Waals surface area contributed by atoms with Crippen molar-refractivity contribution in [1.29, 1.82) is 0 Å².